The molecule has 2 N–H and O–H groups in total. The van der Waals surface area contributed by atoms with Crippen molar-refractivity contribution in [3.8, 4) is 10.6 Å². The molecule has 204 valence electrons. The van der Waals surface area contributed by atoms with Gasteiger partial charge in [0, 0.05) is 51.5 Å². The minimum Gasteiger partial charge on any atom is -0.386 e. The molecule has 2 aliphatic rings. The highest BCUT2D eigenvalue weighted by molar-refractivity contribution is 7.89. The number of thiazole rings is 1. The largest absolute Gasteiger partial charge is 0.420 e. The Balaban J connectivity index is 1.42. The number of likely N-dealkylation sites (tertiary alicyclic amines) is 1. The molecule has 4 rings (SSSR count). The van der Waals surface area contributed by atoms with Crippen molar-refractivity contribution in [1.29, 1.82) is 0 Å². The van der Waals surface area contributed by atoms with Crippen molar-refractivity contribution >= 4 is 33.2 Å². The molecule has 0 radical (unpaired) electrons. The van der Waals surface area contributed by atoms with E-state index in [9.17, 15) is 31.5 Å². The second-order valence-corrected chi connectivity index (χ2v) is 12.5. The van der Waals surface area contributed by atoms with E-state index in [0.29, 0.717) is 38.8 Å². The second-order valence-electron chi connectivity index (χ2n) is 9.26. The summed E-state index contributed by atoms with van der Waals surface area (Å²) in [5, 5.41) is 12.5. The van der Waals surface area contributed by atoms with Gasteiger partial charge in [0.25, 0.3) is 0 Å². The molecule has 2 aromatic rings. The summed E-state index contributed by atoms with van der Waals surface area (Å²) in [5.41, 5.74) is -1.33. The monoisotopic (exact) mass is 562 g/mol. The first-order chi connectivity index (χ1) is 17.4. The van der Waals surface area contributed by atoms with Gasteiger partial charge >= 0.3 is 6.18 Å². The van der Waals surface area contributed by atoms with Crippen molar-refractivity contribution in [2.75, 3.05) is 31.5 Å². The van der Waals surface area contributed by atoms with Crippen molar-refractivity contribution in [2.24, 2.45) is 0 Å². The highest BCUT2D eigenvalue weighted by Gasteiger charge is 2.38. The van der Waals surface area contributed by atoms with Crippen LogP contribution in [0.15, 0.2) is 12.4 Å². The molecule has 2 aromatic heterocycles. The quantitative estimate of drug-likeness (QED) is 0.550. The molecule has 15 heteroatoms. The summed E-state index contributed by atoms with van der Waals surface area (Å²) >= 11 is 0.923. The summed E-state index contributed by atoms with van der Waals surface area (Å²) in [6, 6.07) is -0.218. The third-order valence-electron chi connectivity index (χ3n) is 6.66. The molecule has 10 nitrogen and oxygen atoms in total. The maximum absolute atomic E-state index is 13.6. The number of hydrogen-bond acceptors (Lipinski definition) is 9. The predicted molar refractivity (Wildman–Crippen MR) is 131 cm³/mol. The molecule has 4 heterocycles. The lowest BCUT2D eigenvalue weighted by atomic mass is 10.1. The van der Waals surface area contributed by atoms with Crippen molar-refractivity contribution in [1.82, 2.24) is 24.2 Å². The number of sulfonamides is 1. The van der Waals surface area contributed by atoms with Gasteiger partial charge in [-0.25, -0.2) is 27.7 Å². The van der Waals surface area contributed by atoms with Crippen LogP contribution in [0, 0.1) is 0 Å². The molecule has 1 unspecified atom stereocenters. The minimum absolute atomic E-state index is 0.00732. The fourth-order valence-electron chi connectivity index (χ4n) is 4.55. The first-order valence-corrected chi connectivity index (χ1v) is 14.3. The van der Waals surface area contributed by atoms with E-state index in [1.807, 2.05) is 0 Å². The number of amides is 1. The highest BCUT2D eigenvalue weighted by Crippen LogP contribution is 2.39. The van der Waals surface area contributed by atoms with E-state index in [1.165, 1.54) is 24.3 Å². The zero-order chi connectivity index (χ0) is 27.0. The Bertz CT molecular complexity index is 1220. The zero-order valence-electron chi connectivity index (χ0n) is 20.4. The van der Waals surface area contributed by atoms with Gasteiger partial charge in [-0.3, -0.25) is 4.79 Å². The molecule has 2 aliphatic heterocycles. The van der Waals surface area contributed by atoms with Crippen LogP contribution >= 0.6 is 11.3 Å². The number of carbonyl (C=O) groups excluding carboxylic acids is 1. The summed E-state index contributed by atoms with van der Waals surface area (Å²) < 4.78 is 68.5. The number of piperidine rings is 2. The lowest BCUT2D eigenvalue weighted by molar-refractivity contribution is -0.137. The van der Waals surface area contributed by atoms with E-state index >= 15 is 0 Å². The average molecular weight is 563 g/mol. The molecule has 0 aliphatic carbocycles. The van der Waals surface area contributed by atoms with Crippen LogP contribution < -0.4 is 5.32 Å². The van der Waals surface area contributed by atoms with Crippen LogP contribution in [0.1, 0.15) is 56.2 Å². The molecule has 37 heavy (non-hydrogen) atoms. The van der Waals surface area contributed by atoms with Gasteiger partial charge < -0.3 is 15.3 Å². The van der Waals surface area contributed by atoms with Gasteiger partial charge in [0.2, 0.25) is 21.9 Å². The van der Waals surface area contributed by atoms with Crippen LogP contribution in [-0.4, -0.2) is 81.1 Å². The SMILES string of the molecule is CC(=O)N1CCC(S(=O)(=O)N2CCC(Nc3ncc(C(F)(F)F)c(-c4cnc(C(C)O)s4)n3)CC2)CC1. The predicted octanol–water partition coefficient (Wildman–Crippen LogP) is 2.89. The molecule has 1 amide bonds. The summed E-state index contributed by atoms with van der Waals surface area (Å²) in [6.07, 6.45) is -1.94. The number of rotatable bonds is 6. The normalized spacial score (nSPS) is 19.7. The van der Waals surface area contributed by atoms with Crippen molar-refractivity contribution in [3.63, 3.8) is 0 Å². The Morgan fingerprint density at radius 2 is 1.78 bits per heavy atom. The van der Waals surface area contributed by atoms with E-state index in [4.69, 9.17) is 0 Å². The van der Waals surface area contributed by atoms with Gasteiger partial charge in [-0.15, -0.1) is 11.3 Å². The van der Waals surface area contributed by atoms with Gasteiger partial charge in [-0.05, 0) is 32.6 Å². The third kappa shape index (κ3) is 6.21. The smallest absolute Gasteiger partial charge is 0.386 e. The van der Waals surface area contributed by atoms with Crippen LogP contribution in [-0.2, 0) is 21.0 Å². The Morgan fingerprint density at radius 3 is 2.32 bits per heavy atom. The molecule has 0 saturated carbocycles. The van der Waals surface area contributed by atoms with Crippen LogP contribution in [0.25, 0.3) is 10.6 Å². The lowest BCUT2D eigenvalue weighted by Crippen LogP contribution is -2.49. The lowest BCUT2D eigenvalue weighted by Gasteiger charge is -2.37. The fraction of sp³-hybridized carbons (Fsp3) is 0.636. The van der Waals surface area contributed by atoms with Crippen molar-refractivity contribution in [3.05, 3.63) is 23.0 Å². The molecular weight excluding hydrogens is 533 g/mol. The maximum Gasteiger partial charge on any atom is 0.420 e. The fourth-order valence-corrected chi connectivity index (χ4v) is 7.36. The standard InChI is InChI=1S/C22H29F3N6O4S2/c1-13(32)20-26-12-18(36-20)19-17(22(23,24)25)11-27-21(29-19)28-15-3-9-31(10-4-15)37(34,35)16-5-7-30(8-6-16)14(2)33/h11-13,15-16,32H,3-10H2,1-2H3,(H,27,28,29). The number of aliphatic hydroxyl groups is 1. The summed E-state index contributed by atoms with van der Waals surface area (Å²) in [4.78, 5) is 25.3. The zero-order valence-corrected chi connectivity index (χ0v) is 22.0. The van der Waals surface area contributed by atoms with Crippen LogP contribution in [0.3, 0.4) is 0 Å². The van der Waals surface area contributed by atoms with E-state index in [-0.39, 0.29) is 46.6 Å². The number of carbonyl (C=O) groups is 1. The van der Waals surface area contributed by atoms with Crippen molar-refractivity contribution < 1.29 is 31.5 Å². The number of alkyl halides is 3. The number of anilines is 1. The van der Waals surface area contributed by atoms with Gasteiger partial charge in [0.05, 0.1) is 15.8 Å². The summed E-state index contributed by atoms with van der Waals surface area (Å²) in [7, 11) is -3.51. The first kappa shape index (κ1) is 27.7. The Kier molecular flexibility index (Phi) is 8.07. The van der Waals surface area contributed by atoms with E-state index in [0.717, 1.165) is 17.5 Å². The number of halogens is 3. The molecule has 0 spiro atoms. The van der Waals surface area contributed by atoms with E-state index in [1.54, 1.807) is 4.90 Å². The van der Waals surface area contributed by atoms with Crippen molar-refractivity contribution in [2.45, 2.75) is 63.1 Å². The Hall–Kier alpha value is -2.36. The molecule has 2 fully saturated rings. The molecule has 0 aromatic carbocycles. The molecular formula is C22H29F3N6O4S2. The number of hydrogen-bond donors (Lipinski definition) is 2. The number of nitrogens with zero attached hydrogens (tertiary/aromatic N) is 5. The first-order valence-electron chi connectivity index (χ1n) is 12.0. The minimum atomic E-state index is -4.68. The van der Waals surface area contributed by atoms with E-state index in [2.05, 4.69) is 20.3 Å². The van der Waals surface area contributed by atoms with E-state index < -0.39 is 33.1 Å². The second kappa shape index (κ2) is 10.8. The van der Waals surface area contributed by atoms with Gasteiger partial charge in [-0.2, -0.15) is 13.2 Å². The molecule has 2 saturated heterocycles. The highest BCUT2D eigenvalue weighted by atomic mass is 32.2. The number of aliphatic hydroxyl groups excluding tert-OH is 1. The molecule has 0 bridgehead atoms. The summed E-state index contributed by atoms with van der Waals surface area (Å²) in [6.45, 7) is 4.33. The van der Waals surface area contributed by atoms with Crippen LogP contribution in [0.5, 0.6) is 0 Å². The summed E-state index contributed by atoms with van der Waals surface area (Å²) in [5.74, 6) is -0.0528. The average Bonchev–Trinajstić information content (AvgIpc) is 3.34. The Labute approximate surface area is 217 Å². The van der Waals surface area contributed by atoms with Crippen LogP contribution in [0.2, 0.25) is 0 Å². The van der Waals surface area contributed by atoms with Gasteiger partial charge in [-0.1, -0.05) is 0 Å². The topological polar surface area (TPSA) is 129 Å². The third-order valence-corrected chi connectivity index (χ3v) is 10.2. The maximum atomic E-state index is 13.6. The number of nitrogens with one attached hydrogen (secondary N) is 1. The molecule has 1 atom stereocenters. The van der Waals surface area contributed by atoms with Gasteiger partial charge in [0.15, 0.2) is 0 Å². The Morgan fingerprint density at radius 1 is 1.14 bits per heavy atom. The van der Waals surface area contributed by atoms with Crippen LogP contribution in [0.4, 0.5) is 19.1 Å². The van der Waals surface area contributed by atoms with Gasteiger partial charge in [0.1, 0.15) is 16.7 Å². The number of aromatic nitrogens is 3.